The second-order valence-electron chi connectivity index (χ2n) is 5.94. The van der Waals surface area contributed by atoms with Crippen molar-refractivity contribution >= 4 is 45.1 Å². The van der Waals surface area contributed by atoms with Crippen molar-refractivity contribution in [3.8, 4) is 0 Å². The van der Waals surface area contributed by atoms with Crippen molar-refractivity contribution < 1.29 is 0 Å². The molecule has 1 aliphatic heterocycles. The van der Waals surface area contributed by atoms with Crippen molar-refractivity contribution in [1.82, 2.24) is 9.97 Å². The van der Waals surface area contributed by atoms with E-state index in [0.717, 1.165) is 41.3 Å². The van der Waals surface area contributed by atoms with E-state index in [4.69, 9.17) is 5.84 Å². The number of hydrogen-bond donors (Lipinski definition) is 2. The van der Waals surface area contributed by atoms with Gasteiger partial charge in [-0.1, -0.05) is 13.8 Å². The maximum atomic E-state index is 5.53. The number of aryl methyl sites for hydroxylation is 1. The molecule has 1 fully saturated rings. The summed E-state index contributed by atoms with van der Waals surface area (Å²) >= 11 is 3.72. The minimum atomic E-state index is 0.334. The Hall–Kier alpha value is -1.05. The highest BCUT2D eigenvalue weighted by Gasteiger charge is 2.25. The summed E-state index contributed by atoms with van der Waals surface area (Å²) in [5.74, 6) is 8.15. The number of nitrogens with zero attached hydrogens (tertiary/aromatic N) is 3. The second kappa shape index (κ2) is 5.62. The van der Waals surface area contributed by atoms with Crippen molar-refractivity contribution in [3.05, 3.63) is 10.9 Å². The van der Waals surface area contributed by atoms with Gasteiger partial charge in [0.2, 0.25) is 5.95 Å². The molecule has 0 atom stereocenters. The van der Waals surface area contributed by atoms with Crippen LogP contribution in [0.2, 0.25) is 0 Å². The second-order valence-corrected chi connectivity index (χ2v) is 8.97. The van der Waals surface area contributed by atoms with Crippen molar-refractivity contribution in [2.75, 3.05) is 29.2 Å². The average molecular weight is 323 g/mol. The fourth-order valence-electron chi connectivity index (χ4n) is 2.56. The van der Waals surface area contributed by atoms with E-state index < -0.39 is 0 Å². The molecule has 2 aromatic rings. The maximum Gasteiger partial charge on any atom is 0.240 e. The van der Waals surface area contributed by atoms with E-state index >= 15 is 0 Å². The van der Waals surface area contributed by atoms with Gasteiger partial charge in [-0.3, -0.25) is 5.43 Å². The molecule has 0 unspecified atom stereocenters. The van der Waals surface area contributed by atoms with E-state index in [2.05, 4.69) is 47.1 Å². The molecule has 3 rings (SSSR count). The van der Waals surface area contributed by atoms with Gasteiger partial charge in [0.15, 0.2) is 0 Å². The third-order valence-corrected chi connectivity index (χ3v) is 6.08. The molecule has 1 aliphatic rings. The third-order valence-electron chi connectivity index (χ3n) is 3.76. The normalized spacial score (nSPS) is 18.8. The van der Waals surface area contributed by atoms with Gasteiger partial charge >= 0.3 is 0 Å². The fraction of sp³-hybridized carbons (Fsp3) is 0.571. The van der Waals surface area contributed by atoms with Crippen LogP contribution in [-0.4, -0.2) is 33.6 Å². The molecule has 0 bridgehead atoms. The Morgan fingerprint density at radius 1 is 1.33 bits per heavy atom. The summed E-state index contributed by atoms with van der Waals surface area (Å²) in [6.45, 7) is 8.77. The fourth-order valence-corrected chi connectivity index (χ4v) is 4.54. The lowest BCUT2D eigenvalue weighted by Gasteiger charge is -2.24. The molecule has 21 heavy (non-hydrogen) atoms. The minimum Gasteiger partial charge on any atom is -0.355 e. The predicted molar refractivity (Wildman–Crippen MR) is 93.3 cm³/mol. The van der Waals surface area contributed by atoms with Crippen LogP contribution in [0.25, 0.3) is 10.2 Å². The van der Waals surface area contributed by atoms with Crippen molar-refractivity contribution in [3.63, 3.8) is 0 Å². The summed E-state index contributed by atoms with van der Waals surface area (Å²) in [5, 5.41) is 1.14. The minimum absolute atomic E-state index is 0.334. The first-order chi connectivity index (χ1) is 9.98. The molecule has 5 nitrogen and oxygen atoms in total. The number of rotatable bonds is 2. The molecular weight excluding hydrogens is 302 g/mol. The molecule has 0 spiro atoms. The molecule has 0 saturated carbocycles. The Balaban J connectivity index is 2.02. The number of nitrogens with one attached hydrogen (secondary N) is 1. The lowest BCUT2D eigenvalue weighted by atomic mass is 10.1. The summed E-state index contributed by atoms with van der Waals surface area (Å²) in [6.07, 6.45) is 1.15. The zero-order chi connectivity index (χ0) is 15.0. The summed E-state index contributed by atoms with van der Waals surface area (Å²) in [6, 6.07) is 2.18. The highest BCUT2D eigenvalue weighted by atomic mass is 32.2. The van der Waals surface area contributed by atoms with Crippen molar-refractivity contribution in [1.29, 1.82) is 0 Å². The lowest BCUT2D eigenvalue weighted by molar-refractivity contribution is 0.636. The standard InChI is InChI=1S/C14H21N5S2/c1-9-8-10-11(16-13(18-15)17-12(10)21-9)19-5-4-14(2,3)20-7-6-19/h8H,4-7,15H2,1-3H3,(H,16,17,18). The zero-order valence-corrected chi connectivity index (χ0v) is 14.3. The summed E-state index contributed by atoms with van der Waals surface area (Å²) < 4.78 is 0.334. The predicted octanol–water partition coefficient (Wildman–Crippen LogP) is 3.01. The molecule has 3 N–H and O–H groups in total. The molecular formula is C14H21N5S2. The molecule has 0 radical (unpaired) electrons. The Morgan fingerprint density at radius 3 is 2.90 bits per heavy atom. The summed E-state index contributed by atoms with van der Waals surface area (Å²) in [7, 11) is 0. The number of thioether (sulfide) groups is 1. The first-order valence-electron chi connectivity index (χ1n) is 7.12. The van der Waals surface area contributed by atoms with Crippen LogP contribution in [0.1, 0.15) is 25.1 Å². The number of nitrogens with two attached hydrogens (primary N) is 1. The molecule has 0 amide bonds. The van der Waals surface area contributed by atoms with Crippen LogP contribution >= 0.6 is 23.1 Å². The van der Waals surface area contributed by atoms with Crippen LogP contribution in [0.5, 0.6) is 0 Å². The van der Waals surface area contributed by atoms with E-state index in [0.29, 0.717) is 10.7 Å². The third kappa shape index (κ3) is 3.09. The Labute approximate surface area is 133 Å². The van der Waals surface area contributed by atoms with E-state index in [-0.39, 0.29) is 0 Å². The highest BCUT2D eigenvalue weighted by molar-refractivity contribution is 8.00. The Morgan fingerprint density at radius 2 is 2.14 bits per heavy atom. The molecule has 0 aliphatic carbocycles. The van der Waals surface area contributed by atoms with Gasteiger partial charge < -0.3 is 4.90 Å². The molecule has 2 aromatic heterocycles. The Kier molecular flexibility index (Phi) is 3.98. The molecule has 7 heteroatoms. The first kappa shape index (κ1) is 14.9. The van der Waals surface area contributed by atoms with Gasteiger partial charge in [-0.05, 0) is 19.4 Å². The van der Waals surface area contributed by atoms with Gasteiger partial charge in [-0.15, -0.1) is 11.3 Å². The smallest absolute Gasteiger partial charge is 0.240 e. The number of fused-ring (bicyclic) bond motifs is 1. The topological polar surface area (TPSA) is 67.1 Å². The van der Waals surface area contributed by atoms with Gasteiger partial charge in [-0.25, -0.2) is 10.8 Å². The maximum absolute atomic E-state index is 5.53. The van der Waals surface area contributed by atoms with Crippen LogP contribution in [0.15, 0.2) is 6.07 Å². The van der Waals surface area contributed by atoms with Gasteiger partial charge in [0.25, 0.3) is 0 Å². The van der Waals surface area contributed by atoms with E-state index in [1.54, 1.807) is 11.3 Å². The van der Waals surface area contributed by atoms with Gasteiger partial charge in [0.05, 0.1) is 5.39 Å². The highest BCUT2D eigenvalue weighted by Crippen LogP contribution is 2.35. The van der Waals surface area contributed by atoms with Crippen LogP contribution in [0.4, 0.5) is 11.8 Å². The average Bonchev–Trinajstić information content (AvgIpc) is 2.71. The lowest BCUT2D eigenvalue weighted by Crippen LogP contribution is -2.28. The largest absolute Gasteiger partial charge is 0.355 e. The van der Waals surface area contributed by atoms with Gasteiger partial charge in [-0.2, -0.15) is 16.7 Å². The number of aromatic nitrogens is 2. The van der Waals surface area contributed by atoms with Crippen LogP contribution < -0.4 is 16.2 Å². The summed E-state index contributed by atoms with van der Waals surface area (Å²) in [5.41, 5.74) is 2.59. The SMILES string of the molecule is Cc1cc2c(N3CCSC(C)(C)CC3)nc(NN)nc2s1. The number of anilines is 2. The number of nitrogen functional groups attached to an aromatic ring is 1. The number of hydrogen-bond acceptors (Lipinski definition) is 7. The number of thiophene rings is 1. The number of hydrazine groups is 1. The van der Waals surface area contributed by atoms with Crippen molar-refractivity contribution in [2.24, 2.45) is 5.84 Å². The van der Waals surface area contributed by atoms with Crippen LogP contribution in [0, 0.1) is 6.92 Å². The van der Waals surface area contributed by atoms with Gasteiger partial charge in [0.1, 0.15) is 10.6 Å². The van der Waals surface area contributed by atoms with Crippen LogP contribution in [-0.2, 0) is 0 Å². The van der Waals surface area contributed by atoms with E-state index in [1.165, 1.54) is 4.88 Å². The van der Waals surface area contributed by atoms with Crippen molar-refractivity contribution in [2.45, 2.75) is 31.9 Å². The molecule has 114 valence electrons. The first-order valence-corrected chi connectivity index (χ1v) is 8.92. The van der Waals surface area contributed by atoms with Gasteiger partial charge in [0, 0.05) is 28.5 Å². The zero-order valence-electron chi connectivity index (χ0n) is 12.6. The monoisotopic (exact) mass is 323 g/mol. The molecule has 3 heterocycles. The molecule has 1 saturated heterocycles. The van der Waals surface area contributed by atoms with E-state index in [1.807, 2.05) is 11.8 Å². The quantitative estimate of drug-likeness (QED) is 0.654. The Bertz CT molecular complexity index is 652. The van der Waals surface area contributed by atoms with Crippen LogP contribution in [0.3, 0.4) is 0 Å². The molecule has 0 aromatic carbocycles. The summed E-state index contributed by atoms with van der Waals surface area (Å²) in [4.78, 5) is 13.7. The van der Waals surface area contributed by atoms with E-state index in [9.17, 15) is 0 Å².